The molecule has 6 heteroatoms. The van der Waals surface area contributed by atoms with Crippen molar-refractivity contribution in [1.29, 1.82) is 0 Å². The third kappa shape index (κ3) is 7.10. The van der Waals surface area contributed by atoms with E-state index in [9.17, 15) is 5.11 Å². The van der Waals surface area contributed by atoms with Crippen LogP contribution >= 0.6 is 7.26 Å². The molecule has 3 fully saturated rings. The van der Waals surface area contributed by atoms with Gasteiger partial charge in [-0.1, -0.05) is 19.3 Å². The Bertz CT molecular complexity index is 741. The second kappa shape index (κ2) is 14.3. The Kier molecular flexibility index (Phi) is 12.1. The Morgan fingerprint density at radius 3 is 1.72 bits per heavy atom. The van der Waals surface area contributed by atoms with Crippen LogP contribution in [-0.2, 0) is 4.43 Å². The van der Waals surface area contributed by atoms with E-state index in [1.807, 2.05) is 13.2 Å². The highest BCUT2D eigenvalue weighted by Crippen LogP contribution is 2.77. The molecule has 4 rings (SSSR count). The van der Waals surface area contributed by atoms with Crippen molar-refractivity contribution in [3.8, 4) is 11.5 Å². The Balaban J connectivity index is 0.00000361. The molecule has 0 saturated heterocycles. The van der Waals surface area contributed by atoms with Gasteiger partial charge in [0.25, 0.3) is 0 Å². The monoisotopic (exact) mass is 598 g/mol. The summed E-state index contributed by atoms with van der Waals surface area (Å²) in [5.74, 6) is 1.57. The van der Waals surface area contributed by atoms with E-state index < -0.39 is 15.6 Å². The van der Waals surface area contributed by atoms with Crippen LogP contribution in [0.2, 0.25) is 19.1 Å². The Morgan fingerprint density at radius 1 is 0.806 bits per heavy atom. The summed E-state index contributed by atoms with van der Waals surface area (Å²) in [6.07, 6.45) is 22.1. The Labute approximate surface area is 233 Å². The average molecular weight is 600 g/mol. The van der Waals surface area contributed by atoms with Gasteiger partial charge in [-0.25, -0.2) is 0 Å². The molecule has 1 aromatic carbocycles. The molecule has 0 unspecified atom stereocenters. The fourth-order valence-corrected chi connectivity index (χ4v) is 16.4. The lowest BCUT2D eigenvalue weighted by Gasteiger charge is -2.49. The molecule has 0 aromatic heterocycles. The first-order chi connectivity index (χ1) is 17.0. The lowest BCUT2D eigenvalue weighted by Crippen LogP contribution is -3.00. The van der Waals surface area contributed by atoms with Crippen LogP contribution in [0.3, 0.4) is 0 Å². The van der Waals surface area contributed by atoms with Crippen molar-refractivity contribution in [3.63, 3.8) is 0 Å². The molecule has 0 radical (unpaired) electrons. The SMILES string of the molecule is CO[Si](C)(C)CCCOc1ccc(O)cc1[P+](C1CCCCC1)(C1CCCCC1)C1CCCCC1.[Br-]. The van der Waals surface area contributed by atoms with Gasteiger partial charge in [-0.3, -0.25) is 0 Å². The van der Waals surface area contributed by atoms with Crippen LogP contribution in [0.4, 0.5) is 0 Å². The van der Waals surface area contributed by atoms with E-state index in [1.54, 1.807) is 0 Å². The van der Waals surface area contributed by atoms with E-state index in [2.05, 4.69) is 25.2 Å². The molecule has 3 aliphatic carbocycles. The lowest BCUT2D eigenvalue weighted by molar-refractivity contribution is -0.00000955. The summed E-state index contributed by atoms with van der Waals surface area (Å²) in [5.41, 5.74) is 2.52. The summed E-state index contributed by atoms with van der Waals surface area (Å²) in [7, 11) is -1.23. The predicted octanol–water partition coefficient (Wildman–Crippen LogP) is 5.66. The van der Waals surface area contributed by atoms with Gasteiger partial charge in [0.15, 0.2) is 14.1 Å². The van der Waals surface area contributed by atoms with Gasteiger partial charge < -0.3 is 31.3 Å². The minimum atomic E-state index is -1.57. The largest absolute Gasteiger partial charge is 1.00 e. The van der Waals surface area contributed by atoms with Crippen LogP contribution < -0.4 is 27.0 Å². The lowest BCUT2D eigenvalue weighted by atomic mass is 9.99. The zero-order valence-electron chi connectivity index (χ0n) is 23.3. The summed E-state index contributed by atoms with van der Waals surface area (Å²) in [4.78, 5) is 0. The Morgan fingerprint density at radius 2 is 1.28 bits per heavy atom. The zero-order valence-corrected chi connectivity index (χ0v) is 26.8. The molecule has 3 nitrogen and oxygen atoms in total. The summed E-state index contributed by atoms with van der Waals surface area (Å²) < 4.78 is 12.5. The van der Waals surface area contributed by atoms with Gasteiger partial charge >= 0.3 is 0 Å². The van der Waals surface area contributed by atoms with Crippen molar-refractivity contribution < 1.29 is 31.3 Å². The highest BCUT2D eigenvalue weighted by molar-refractivity contribution is 7.85. The van der Waals surface area contributed by atoms with Gasteiger partial charge in [-0.05, 0) is 115 Å². The number of phenolic OH excluding ortho intramolecular Hbond substituents is 1. The van der Waals surface area contributed by atoms with Crippen LogP contribution in [0.5, 0.6) is 11.5 Å². The van der Waals surface area contributed by atoms with Gasteiger partial charge in [0.05, 0.1) is 30.8 Å². The van der Waals surface area contributed by atoms with Crippen LogP contribution in [0.25, 0.3) is 0 Å². The normalized spacial score (nSPS) is 21.2. The molecule has 3 saturated carbocycles. The molecule has 1 N–H and O–H groups in total. The van der Waals surface area contributed by atoms with Gasteiger partial charge in [-0.2, -0.15) is 0 Å². The minimum Gasteiger partial charge on any atom is -1.00 e. The molecular weight excluding hydrogens is 547 g/mol. The number of aromatic hydroxyl groups is 1. The quantitative estimate of drug-likeness (QED) is 0.215. The molecule has 0 bridgehead atoms. The van der Waals surface area contributed by atoms with E-state index in [-0.39, 0.29) is 17.0 Å². The van der Waals surface area contributed by atoms with Gasteiger partial charge in [0.2, 0.25) is 0 Å². The molecule has 0 heterocycles. The van der Waals surface area contributed by atoms with Crippen molar-refractivity contribution >= 4 is 20.9 Å². The van der Waals surface area contributed by atoms with Gasteiger partial charge in [0.1, 0.15) is 11.1 Å². The number of ether oxygens (including phenoxy) is 1. The van der Waals surface area contributed by atoms with E-state index in [0.29, 0.717) is 5.75 Å². The fourth-order valence-electron chi connectivity index (χ4n) is 7.72. The fraction of sp³-hybridized carbons (Fsp3) is 0.800. The number of phenols is 1. The van der Waals surface area contributed by atoms with Crippen molar-refractivity contribution in [3.05, 3.63) is 18.2 Å². The van der Waals surface area contributed by atoms with Crippen LogP contribution in [0.15, 0.2) is 18.2 Å². The highest BCUT2D eigenvalue weighted by Gasteiger charge is 2.60. The third-order valence-corrected chi connectivity index (χ3v) is 18.7. The molecule has 36 heavy (non-hydrogen) atoms. The molecule has 0 amide bonds. The van der Waals surface area contributed by atoms with E-state index in [4.69, 9.17) is 9.16 Å². The maximum Gasteiger partial charge on any atom is 0.186 e. The van der Waals surface area contributed by atoms with E-state index >= 15 is 0 Å². The minimum absolute atomic E-state index is 0. The standard InChI is InChI=1S/C30H51O3PSi.BrH/c1-32-35(2,3)23-13-22-33-29-21-20-25(31)24-30(29)34(26-14-7-4-8-15-26,27-16-9-5-10-17-27)28-18-11-6-12-19-28;/h20-21,24,26-28H,4-19,22-23H2,1-3H3;1H. The molecule has 206 valence electrons. The predicted molar refractivity (Wildman–Crippen MR) is 155 cm³/mol. The van der Waals surface area contributed by atoms with Gasteiger partial charge in [0, 0.05) is 13.2 Å². The molecule has 0 aliphatic heterocycles. The number of benzene rings is 1. The number of rotatable bonds is 10. The van der Waals surface area contributed by atoms with Crippen molar-refractivity contribution in [2.24, 2.45) is 0 Å². The first-order valence-electron chi connectivity index (χ1n) is 14.9. The molecule has 0 spiro atoms. The van der Waals surface area contributed by atoms with Crippen LogP contribution in [0.1, 0.15) is 103 Å². The van der Waals surface area contributed by atoms with E-state index in [0.717, 1.165) is 41.8 Å². The molecule has 1 aromatic rings. The zero-order chi connectivity index (χ0) is 24.7. The average Bonchev–Trinajstić information content (AvgIpc) is 2.90. The van der Waals surface area contributed by atoms with Crippen molar-refractivity contribution in [2.75, 3.05) is 13.7 Å². The highest BCUT2D eigenvalue weighted by atomic mass is 79.9. The number of hydrogen-bond donors (Lipinski definition) is 1. The Hall–Kier alpha value is -0.0931. The summed E-state index contributed by atoms with van der Waals surface area (Å²) in [6.45, 7) is 5.35. The first-order valence-corrected chi connectivity index (χ1v) is 20.0. The topological polar surface area (TPSA) is 38.7 Å². The van der Waals surface area contributed by atoms with Crippen LogP contribution in [0, 0.1) is 0 Å². The van der Waals surface area contributed by atoms with Crippen LogP contribution in [-0.4, -0.2) is 44.1 Å². The van der Waals surface area contributed by atoms with Crippen molar-refractivity contribution in [2.45, 2.75) is 139 Å². The number of halogens is 1. The molecule has 0 atom stereocenters. The maximum atomic E-state index is 10.9. The smallest absolute Gasteiger partial charge is 0.186 e. The van der Waals surface area contributed by atoms with Crippen molar-refractivity contribution in [1.82, 2.24) is 0 Å². The number of hydrogen-bond acceptors (Lipinski definition) is 3. The molecule has 3 aliphatic rings. The summed E-state index contributed by atoms with van der Waals surface area (Å²) in [5, 5.41) is 12.3. The second-order valence-corrected chi connectivity index (χ2v) is 21.0. The molecular formula is C30H52BrO3PSi. The van der Waals surface area contributed by atoms with Gasteiger partial charge in [-0.15, -0.1) is 0 Å². The second-order valence-electron chi connectivity index (χ2n) is 12.3. The van der Waals surface area contributed by atoms with E-state index in [1.165, 1.54) is 102 Å². The third-order valence-electron chi connectivity index (χ3n) is 9.63. The first kappa shape index (κ1) is 30.4. The summed E-state index contributed by atoms with van der Waals surface area (Å²) >= 11 is 0. The summed E-state index contributed by atoms with van der Waals surface area (Å²) in [6, 6.07) is 7.34. The maximum absolute atomic E-state index is 10.9.